The number of likely N-dealkylation sites (N-methyl/N-ethyl adjacent to an activating group) is 2. The lowest BCUT2D eigenvalue weighted by Crippen LogP contribution is -2.26. The van der Waals surface area contributed by atoms with Gasteiger partial charge in [0.05, 0.1) is 23.3 Å². The van der Waals surface area contributed by atoms with Crippen molar-refractivity contribution >= 4 is 16.9 Å². The summed E-state index contributed by atoms with van der Waals surface area (Å²) in [5.74, 6) is -0.395. The number of benzene rings is 2. The number of hydrogen-bond acceptors (Lipinski definition) is 3. The number of carbonyl (C=O) groups is 1. The van der Waals surface area contributed by atoms with Crippen molar-refractivity contribution in [2.45, 2.75) is 57.5 Å². The highest BCUT2D eigenvalue weighted by Crippen LogP contribution is 2.45. The number of carboxylic acid groups (broad SMARTS) is 1. The maximum Gasteiger partial charge on any atom is 0.335 e. The van der Waals surface area contributed by atoms with Crippen LogP contribution in [0.4, 0.5) is 0 Å². The third-order valence-electron chi connectivity index (χ3n) is 8.02. The van der Waals surface area contributed by atoms with E-state index in [-0.39, 0.29) is 0 Å². The molecule has 0 radical (unpaired) electrons. The molecule has 0 atom stereocenters. The van der Waals surface area contributed by atoms with Crippen LogP contribution in [0.5, 0.6) is 0 Å². The minimum absolute atomic E-state index is 0.334. The van der Waals surface area contributed by atoms with Gasteiger partial charge in [0.25, 0.3) is 0 Å². The smallest absolute Gasteiger partial charge is 0.335 e. The Hall–Kier alpha value is -3.05. The molecule has 0 amide bonds. The average Bonchev–Trinajstić information content (AvgIpc) is 3.17. The monoisotopic (exact) mass is 471 g/mol. The lowest BCUT2D eigenvalue weighted by atomic mass is 9.81. The van der Waals surface area contributed by atoms with Gasteiger partial charge in [-0.2, -0.15) is 0 Å². The van der Waals surface area contributed by atoms with Gasteiger partial charge in [0.2, 0.25) is 0 Å². The predicted molar refractivity (Wildman–Crippen MR) is 143 cm³/mol. The van der Waals surface area contributed by atoms with E-state index in [1.807, 2.05) is 26.2 Å². The summed E-state index contributed by atoms with van der Waals surface area (Å²) in [5, 5.41) is 11.0. The number of fused-ring (bicyclic) bond motifs is 2. The van der Waals surface area contributed by atoms with E-state index in [9.17, 15) is 9.90 Å². The molecule has 5 nitrogen and oxygen atoms in total. The molecule has 1 fully saturated rings. The molecule has 3 aromatic rings. The van der Waals surface area contributed by atoms with Crippen molar-refractivity contribution in [2.24, 2.45) is 0 Å². The standard InChI is InChI=1S/C30H37N3O2/c1-20(31(2)3)18-33-27-17-24(30(34)35)12-13-26(27)28(22-8-6-5-7-9-22)29(33)23-11-10-21-14-15-32(4)19-25(21)16-23/h10-13,16-17,22H,1,5-9,14-15,18-19H2,2-4H3,(H,34,35). The van der Waals surface area contributed by atoms with E-state index >= 15 is 0 Å². The molecule has 1 N–H and O–H groups in total. The number of allylic oxidation sites excluding steroid dienone is 1. The molecule has 1 aliphatic carbocycles. The zero-order chi connectivity index (χ0) is 24.7. The fourth-order valence-electron chi connectivity index (χ4n) is 5.96. The number of nitrogens with zero attached hydrogens (tertiary/aromatic N) is 3. The number of rotatable bonds is 6. The Labute approximate surface area is 208 Å². The van der Waals surface area contributed by atoms with Gasteiger partial charge in [0.15, 0.2) is 0 Å². The molecule has 2 heterocycles. The van der Waals surface area contributed by atoms with E-state index in [1.165, 1.54) is 65.4 Å². The molecule has 2 aliphatic rings. The summed E-state index contributed by atoms with van der Waals surface area (Å²) < 4.78 is 2.34. The van der Waals surface area contributed by atoms with Crippen molar-refractivity contribution in [1.82, 2.24) is 14.4 Å². The minimum Gasteiger partial charge on any atom is -0.478 e. The maximum atomic E-state index is 11.9. The first-order chi connectivity index (χ1) is 16.8. The molecule has 0 spiro atoms. The Morgan fingerprint density at radius 3 is 2.57 bits per heavy atom. The van der Waals surface area contributed by atoms with E-state index in [0.717, 1.165) is 30.7 Å². The fourth-order valence-corrected chi connectivity index (χ4v) is 5.96. The van der Waals surface area contributed by atoms with Crippen molar-refractivity contribution in [1.29, 1.82) is 0 Å². The molecule has 0 unspecified atom stereocenters. The molecular formula is C30H37N3O2. The van der Waals surface area contributed by atoms with Crippen molar-refractivity contribution < 1.29 is 9.90 Å². The predicted octanol–water partition coefficient (Wildman–Crippen LogP) is 6.12. The third kappa shape index (κ3) is 4.50. The van der Waals surface area contributed by atoms with Crippen molar-refractivity contribution in [3.63, 3.8) is 0 Å². The van der Waals surface area contributed by atoms with Crippen LogP contribution in [0.2, 0.25) is 0 Å². The van der Waals surface area contributed by atoms with Crippen LogP contribution in [0.25, 0.3) is 22.2 Å². The van der Waals surface area contributed by atoms with Crippen LogP contribution in [-0.4, -0.2) is 53.1 Å². The van der Waals surface area contributed by atoms with Gasteiger partial charge in [-0.05, 0) is 72.7 Å². The number of aromatic nitrogens is 1. The second-order valence-corrected chi connectivity index (χ2v) is 10.7. The van der Waals surface area contributed by atoms with Crippen LogP contribution in [0.15, 0.2) is 48.7 Å². The summed E-state index contributed by atoms with van der Waals surface area (Å²) in [5.41, 5.74) is 9.05. The van der Waals surface area contributed by atoms with Crippen molar-refractivity contribution in [3.05, 3.63) is 70.9 Å². The lowest BCUT2D eigenvalue weighted by molar-refractivity contribution is 0.0697. The van der Waals surface area contributed by atoms with Crippen LogP contribution in [-0.2, 0) is 19.5 Å². The Kier molecular flexibility index (Phi) is 6.45. The quantitative estimate of drug-likeness (QED) is 0.471. The molecular weight excluding hydrogens is 434 g/mol. The molecule has 35 heavy (non-hydrogen) atoms. The largest absolute Gasteiger partial charge is 0.478 e. The Morgan fingerprint density at radius 2 is 1.86 bits per heavy atom. The zero-order valence-corrected chi connectivity index (χ0v) is 21.3. The molecule has 1 saturated carbocycles. The highest BCUT2D eigenvalue weighted by molar-refractivity contribution is 5.98. The first-order valence-electron chi connectivity index (χ1n) is 12.9. The second-order valence-electron chi connectivity index (χ2n) is 10.7. The van der Waals surface area contributed by atoms with Gasteiger partial charge >= 0.3 is 5.97 Å². The zero-order valence-electron chi connectivity index (χ0n) is 21.3. The van der Waals surface area contributed by atoms with Gasteiger partial charge in [0, 0.05) is 38.3 Å². The summed E-state index contributed by atoms with van der Waals surface area (Å²) in [6.07, 6.45) is 7.27. The van der Waals surface area contributed by atoms with Gasteiger partial charge in [-0.25, -0.2) is 4.79 Å². The normalized spacial score (nSPS) is 16.9. The summed E-state index contributed by atoms with van der Waals surface area (Å²) >= 11 is 0. The van der Waals surface area contributed by atoms with E-state index in [4.69, 9.17) is 0 Å². The lowest BCUT2D eigenvalue weighted by Gasteiger charge is -2.27. The van der Waals surface area contributed by atoms with E-state index in [1.54, 1.807) is 6.07 Å². The number of carboxylic acids is 1. The molecule has 5 heteroatoms. The molecule has 2 aromatic carbocycles. The SMILES string of the molecule is C=C(Cn1c(-c2ccc3c(c2)CN(C)CC3)c(C2CCCCC2)c2ccc(C(=O)O)cc21)N(C)C. The van der Waals surface area contributed by atoms with Crippen LogP contribution in [0, 0.1) is 0 Å². The Morgan fingerprint density at radius 1 is 1.09 bits per heavy atom. The van der Waals surface area contributed by atoms with Crippen LogP contribution in [0.3, 0.4) is 0 Å². The van der Waals surface area contributed by atoms with E-state index < -0.39 is 5.97 Å². The molecule has 1 aliphatic heterocycles. The summed E-state index contributed by atoms with van der Waals surface area (Å²) in [4.78, 5) is 16.3. The topological polar surface area (TPSA) is 48.7 Å². The first kappa shape index (κ1) is 23.7. The average molecular weight is 472 g/mol. The second kappa shape index (κ2) is 9.54. The Balaban J connectivity index is 1.78. The Bertz CT molecular complexity index is 1280. The van der Waals surface area contributed by atoms with Gasteiger partial charge in [0.1, 0.15) is 0 Å². The first-order valence-corrected chi connectivity index (χ1v) is 12.9. The van der Waals surface area contributed by atoms with Gasteiger partial charge in [-0.3, -0.25) is 0 Å². The summed E-state index contributed by atoms with van der Waals surface area (Å²) in [6, 6.07) is 12.7. The minimum atomic E-state index is -0.885. The van der Waals surface area contributed by atoms with Gasteiger partial charge < -0.3 is 19.5 Å². The molecule has 5 rings (SSSR count). The number of aromatic carboxylic acids is 1. The van der Waals surface area contributed by atoms with Crippen molar-refractivity contribution in [2.75, 3.05) is 27.7 Å². The summed E-state index contributed by atoms with van der Waals surface area (Å²) in [7, 11) is 6.23. The van der Waals surface area contributed by atoms with E-state index in [0.29, 0.717) is 18.0 Å². The van der Waals surface area contributed by atoms with Crippen LogP contribution >= 0.6 is 0 Å². The summed E-state index contributed by atoms with van der Waals surface area (Å²) in [6.45, 7) is 7.03. The number of hydrogen-bond donors (Lipinski definition) is 1. The third-order valence-corrected chi connectivity index (χ3v) is 8.02. The molecule has 1 aromatic heterocycles. The highest BCUT2D eigenvalue weighted by atomic mass is 16.4. The van der Waals surface area contributed by atoms with E-state index in [2.05, 4.69) is 46.2 Å². The molecule has 0 bridgehead atoms. The maximum absolute atomic E-state index is 11.9. The van der Waals surface area contributed by atoms with Crippen LogP contribution in [0.1, 0.15) is 65.1 Å². The molecule has 184 valence electrons. The highest BCUT2D eigenvalue weighted by Gasteiger charge is 2.28. The van der Waals surface area contributed by atoms with Crippen molar-refractivity contribution in [3.8, 4) is 11.3 Å². The molecule has 0 saturated heterocycles. The van der Waals surface area contributed by atoms with Gasteiger partial charge in [-0.15, -0.1) is 0 Å². The van der Waals surface area contributed by atoms with Crippen LogP contribution < -0.4 is 0 Å². The van der Waals surface area contributed by atoms with Gasteiger partial charge in [-0.1, -0.05) is 44.0 Å². The fraction of sp³-hybridized carbons (Fsp3) is 0.433.